The molecule has 0 unspecified atom stereocenters. The van der Waals surface area contributed by atoms with Crippen LogP contribution in [0.25, 0.3) is 0 Å². The minimum absolute atomic E-state index is 0.0433. The number of benzene rings is 1. The zero-order valence-corrected chi connectivity index (χ0v) is 15.2. The Labute approximate surface area is 147 Å². The van der Waals surface area contributed by atoms with E-state index in [9.17, 15) is 9.59 Å². The van der Waals surface area contributed by atoms with Crippen molar-refractivity contribution >= 4 is 29.0 Å². The predicted octanol–water partition coefficient (Wildman–Crippen LogP) is 2.20. The van der Waals surface area contributed by atoms with E-state index in [4.69, 9.17) is 17.0 Å². The monoisotopic (exact) mass is 346 g/mol. The van der Waals surface area contributed by atoms with Crippen molar-refractivity contribution in [2.24, 2.45) is 0 Å². The summed E-state index contributed by atoms with van der Waals surface area (Å²) < 4.78 is 5.62. The van der Waals surface area contributed by atoms with Gasteiger partial charge in [0.1, 0.15) is 18.4 Å². The molecule has 1 aromatic rings. The van der Waals surface area contributed by atoms with Gasteiger partial charge in [0.15, 0.2) is 4.99 Å². The van der Waals surface area contributed by atoms with Gasteiger partial charge < -0.3 is 9.64 Å². The van der Waals surface area contributed by atoms with Crippen LogP contribution in [0.1, 0.15) is 19.4 Å². The van der Waals surface area contributed by atoms with Crippen molar-refractivity contribution in [1.29, 1.82) is 0 Å². The lowest BCUT2D eigenvalue weighted by Crippen LogP contribution is -2.60. The number of rotatable bonds is 5. The first kappa shape index (κ1) is 18.1. The Hall–Kier alpha value is -2.21. The second kappa shape index (κ2) is 7.57. The molecule has 1 aliphatic heterocycles. The maximum Gasteiger partial charge on any atom is 0.282 e. The van der Waals surface area contributed by atoms with Gasteiger partial charge in [0.2, 0.25) is 0 Å². The third kappa shape index (κ3) is 4.00. The van der Waals surface area contributed by atoms with Gasteiger partial charge in [0.05, 0.1) is 0 Å². The molecular weight excluding hydrogens is 324 g/mol. The van der Waals surface area contributed by atoms with E-state index in [0.717, 1.165) is 11.3 Å². The molecular formula is C18H22N2O3S. The molecule has 6 heteroatoms. The fourth-order valence-corrected chi connectivity index (χ4v) is 2.63. The van der Waals surface area contributed by atoms with Gasteiger partial charge in [-0.15, -0.1) is 0 Å². The molecule has 0 aromatic heterocycles. The standard InChI is InChI=1S/C18H22N2O3S/c1-12(2)9-10-23-14-7-5-13(6-8-14)11-15-16(21)20(4)18(24)17(22)19(15)3/h5-9,15H,10-11H2,1-4H3/t15-/m0/s1. The van der Waals surface area contributed by atoms with Gasteiger partial charge in [-0.1, -0.05) is 29.9 Å². The number of thiocarbonyl (C=S) groups is 1. The van der Waals surface area contributed by atoms with Crippen molar-refractivity contribution in [1.82, 2.24) is 9.80 Å². The van der Waals surface area contributed by atoms with Gasteiger partial charge in [-0.25, -0.2) is 0 Å². The molecule has 0 radical (unpaired) electrons. The van der Waals surface area contributed by atoms with Crippen LogP contribution >= 0.6 is 12.2 Å². The van der Waals surface area contributed by atoms with E-state index < -0.39 is 6.04 Å². The van der Waals surface area contributed by atoms with Crippen LogP contribution in [0, 0.1) is 0 Å². The Bertz CT molecular complexity index is 678. The van der Waals surface area contributed by atoms with E-state index in [1.54, 1.807) is 14.1 Å². The smallest absolute Gasteiger partial charge is 0.282 e. The number of amides is 2. The first-order chi connectivity index (χ1) is 11.3. The number of hydrogen-bond acceptors (Lipinski definition) is 4. The van der Waals surface area contributed by atoms with Crippen LogP contribution < -0.4 is 4.74 Å². The topological polar surface area (TPSA) is 49.9 Å². The summed E-state index contributed by atoms with van der Waals surface area (Å²) in [5, 5.41) is 0. The number of likely N-dealkylation sites (N-methyl/N-ethyl adjacent to an activating group) is 2. The van der Waals surface area contributed by atoms with Crippen molar-refractivity contribution in [3.05, 3.63) is 41.5 Å². The zero-order valence-electron chi connectivity index (χ0n) is 14.4. The summed E-state index contributed by atoms with van der Waals surface area (Å²) >= 11 is 4.99. The van der Waals surface area contributed by atoms with Crippen LogP contribution in [0.15, 0.2) is 35.9 Å². The SMILES string of the molecule is CC(C)=CCOc1ccc(C[C@H]2C(=O)N(C)C(=S)C(=O)N2C)cc1. The molecule has 128 valence electrons. The number of piperazine rings is 1. The lowest BCUT2D eigenvalue weighted by molar-refractivity contribution is -0.142. The van der Waals surface area contributed by atoms with Crippen molar-refractivity contribution < 1.29 is 14.3 Å². The molecule has 2 rings (SSSR count). The second-order valence-corrected chi connectivity index (χ2v) is 6.46. The molecule has 1 fully saturated rings. The minimum Gasteiger partial charge on any atom is -0.490 e. The number of hydrogen-bond donors (Lipinski definition) is 0. The molecule has 1 saturated heterocycles. The van der Waals surface area contributed by atoms with Crippen LogP contribution in [-0.2, 0) is 16.0 Å². The molecule has 0 saturated carbocycles. The van der Waals surface area contributed by atoms with Crippen LogP contribution in [0.2, 0.25) is 0 Å². The Kier molecular flexibility index (Phi) is 5.72. The molecule has 1 atom stereocenters. The molecule has 0 aliphatic carbocycles. The molecule has 2 amide bonds. The molecule has 0 N–H and O–H groups in total. The second-order valence-electron chi connectivity index (χ2n) is 6.07. The summed E-state index contributed by atoms with van der Waals surface area (Å²) in [5.74, 6) is 0.318. The fraction of sp³-hybridized carbons (Fsp3) is 0.389. The Morgan fingerprint density at radius 2 is 1.83 bits per heavy atom. The van der Waals surface area contributed by atoms with Crippen LogP contribution in [0.5, 0.6) is 5.75 Å². The van der Waals surface area contributed by atoms with E-state index in [2.05, 4.69) is 0 Å². The average Bonchev–Trinajstić information content (AvgIpc) is 2.56. The Balaban J connectivity index is 2.05. The summed E-state index contributed by atoms with van der Waals surface area (Å²) in [6.45, 7) is 4.57. The highest BCUT2D eigenvalue weighted by molar-refractivity contribution is 7.82. The van der Waals surface area contributed by atoms with Gasteiger partial charge in [0.25, 0.3) is 11.8 Å². The van der Waals surface area contributed by atoms with Crippen LogP contribution in [0.3, 0.4) is 0 Å². The number of carbonyl (C=O) groups is 2. The quantitative estimate of drug-likeness (QED) is 0.606. The highest BCUT2D eigenvalue weighted by atomic mass is 32.1. The predicted molar refractivity (Wildman–Crippen MR) is 97.0 cm³/mol. The summed E-state index contributed by atoms with van der Waals surface area (Å²) in [4.78, 5) is 27.2. The maximum atomic E-state index is 12.4. The van der Waals surface area contributed by atoms with E-state index in [0.29, 0.717) is 13.0 Å². The van der Waals surface area contributed by atoms with E-state index in [-0.39, 0.29) is 16.8 Å². The normalized spacial score (nSPS) is 18.0. The number of nitrogens with zero attached hydrogens (tertiary/aromatic N) is 2. The van der Waals surface area contributed by atoms with E-state index in [1.807, 2.05) is 44.2 Å². The average molecular weight is 346 g/mol. The first-order valence-electron chi connectivity index (χ1n) is 7.75. The van der Waals surface area contributed by atoms with Crippen molar-refractivity contribution in [2.45, 2.75) is 26.3 Å². The van der Waals surface area contributed by atoms with Gasteiger partial charge in [0, 0.05) is 20.5 Å². The molecule has 1 heterocycles. The highest BCUT2D eigenvalue weighted by Crippen LogP contribution is 2.19. The molecule has 24 heavy (non-hydrogen) atoms. The van der Waals surface area contributed by atoms with E-state index >= 15 is 0 Å². The van der Waals surface area contributed by atoms with Crippen LogP contribution in [-0.4, -0.2) is 53.3 Å². The number of ether oxygens (including phenoxy) is 1. The summed E-state index contributed by atoms with van der Waals surface area (Å²) in [6, 6.07) is 7.04. The van der Waals surface area contributed by atoms with Gasteiger partial charge in [-0.05, 0) is 37.6 Å². The van der Waals surface area contributed by atoms with Gasteiger partial charge >= 0.3 is 0 Å². The van der Waals surface area contributed by atoms with E-state index in [1.165, 1.54) is 15.4 Å². The molecule has 5 nitrogen and oxygen atoms in total. The molecule has 1 aliphatic rings. The van der Waals surface area contributed by atoms with Crippen molar-refractivity contribution in [3.8, 4) is 5.75 Å². The first-order valence-corrected chi connectivity index (χ1v) is 8.16. The molecule has 0 spiro atoms. The highest BCUT2D eigenvalue weighted by Gasteiger charge is 2.39. The summed E-state index contributed by atoms with van der Waals surface area (Å²) in [7, 11) is 3.16. The minimum atomic E-state index is -0.536. The lowest BCUT2D eigenvalue weighted by atomic mass is 10.0. The fourth-order valence-electron chi connectivity index (χ4n) is 2.40. The Morgan fingerprint density at radius 3 is 2.42 bits per heavy atom. The van der Waals surface area contributed by atoms with Gasteiger partial charge in [-0.2, -0.15) is 0 Å². The van der Waals surface area contributed by atoms with Crippen LogP contribution in [0.4, 0.5) is 0 Å². The third-order valence-electron chi connectivity index (χ3n) is 3.99. The number of carbonyl (C=O) groups excluding carboxylic acids is 2. The summed E-state index contributed by atoms with van der Waals surface area (Å²) in [6.07, 6.45) is 2.45. The van der Waals surface area contributed by atoms with Crippen molar-refractivity contribution in [2.75, 3.05) is 20.7 Å². The number of allylic oxidation sites excluding steroid dienone is 1. The maximum absolute atomic E-state index is 12.4. The summed E-state index contributed by atoms with van der Waals surface area (Å²) in [5.41, 5.74) is 2.17. The molecule has 1 aromatic carbocycles. The lowest BCUT2D eigenvalue weighted by Gasteiger charge is -2.36. The third-order valence-corrected chi connectivity index (χ3v) is 4.43. The van der Waals surface area contributed by atoms with Crippen molar-refractivity contribution in [3.63, 3.8) is 0 Å². The molecule has 0 bridgehead atoms. The van der Waals surface area contributed by atoms with Gasteiger partial charge in [-0.3, -0.25) is 14.5 Å². The zero-order chi connectivity index (χ0) is 17.9. The largest absolute Gasteiger partial charge is 0.490 e. The Morgan fingerprint density at radius 1 is 1.21 bits per heavy atom.